The van der Waals surface area contributed by atoms with E-state index in [-0.39, 0.29) is 17.3 Å². The molecular formula is C20H28N3O4S+. The van der Waals surface area contributed by atoms with E-state index in [1.165, 1.54) is 13.1 Å². The minimum atomic E-state index is -3.58. The number of sulfonamides is 1. The Bertz CT molecular complexity index is 912. The number of likely N-dealkylation sites (N-methyl/N-ethyl adjacent to an activating group) is 1. The van der Waals surface area contributed by atoms with Gasteiger partial charge in [-0.3, -0.25) is 4.79 Å². The first-order valence-electron chi connectivity index (χ1n) is 9.12. The van der Waals surface area contributed by atoms with Crippen LogP contribution in [0.25, 0.3) is 0 Å². The van der Waals surface area contributed by atoms with Crippen molar-refractivity contribution >= 4 is 21.6 Å². The molecule has 0 saturated carbocycles. The first-order chi connectivity index (χ1) is 13.2. The average Bonchev–Trinajstić information content (AvgIpc) is 2.65. The molecule has 1 unspecified atom stereocenters. The lowest BCUT2D eigenvalue weighted by molar-refractivity contribution is -0.885. The Balaban J connectivity index is 1.97. The molecule has 152 valence electrons. The molecule has 2 aromatic rings. The van der Waals surface area contributed by atoms with Crippen LogP contribution in [-0.2, 0) is 21.4 Å². The van der Waals surface area contributed by atoms with Gasteiger partial charge >= 0.3 is 0 Å². The van der Waals surface area contributed by atoms with Crippen molar-refractivity contribution in [3.63, 3.8) is 0 Å². The number of carbonyl (C=O) groups excluding carboxylic acids is 1. The Kier molecular flexibility index (Phi) is 7.56. The van der Waals surface area contributed by atoms with E-state index in [4.69, 9.17) is 4.74 Å². The summed E-state index contributed by atoms with van der Waals surface area (Å²) in [4.78, 5) is 13.5. The highest BCUT2D eigenvalue weighted by Gasteiger charge is 2.17. The zero-order chi connectivity index (χ0) is 20.7. The average molecular weight is 407 g/mol. The summed E-state index contributed by atoms with van der Waals surface area (Å²) in [6.45, 7) is 5.23. The molecule has 0 aliphatic carbocycles. The molecule has 0 fully saturated rings. The Morgan fingerprint density at radius 3 is 2.43 bits per heavy atom. The number of amides is 1. The van der Waals surface area contributed by atoms with E-state index in [0.717, 1.165) is 16.2 Å². The first-order valence-corrected chi connectivity index (χ1v) is 10.6. The van der Waals surface area contributed by atoms with Crippen LogP contribution in [0.1, 0.15) is 18.1 Å². The van der Waals surface area contributed by atoms with Crippen LogP contribution >= 0.6 is 0 Å². The Hall–Kier alpha value is -2.42. The van der Waals surface area contributed by atoms with Gasteiger partial charge in [0.25, 0.3) is 5.91 Å². The highest BCUT2D eigenvalue weighted by atomic mass is 32.2. The lowest BCUT2D eigenvalue weighted by Crippen LogP contribution is -3.08. The molecule has 1 amide bonds. The normalized spacial score (nSPS) is 12.4. The number of carbonyl (C=O) groups is 1. The van der Waals surface area contributed by atoms with Crippen LogP contribution < -0.4 is 19.7 Å². The number of nitrogens with one attached hydrogen (secondary N) is 3. The highest BCUT2D eigenvalue weighted by Crippen LogP contribution is 2.19. The number of anilines is 1. The van der Waals surface area contributed by atoms with E-state index in [9.17, 15) is 13.2 Å². The molecule has 2 aromatic carbocycles. The number of hydrogen-bond acceptors (Lipinski definition) is 4. The van der Waals surface area contributed by atoms with Gasteiger partial charge in [0.15, 0.2) is 6.54 Å². The molecule has 2 rings (SSSR count). The van der Waals surface area contributed by atoms with Crippen molar-refractivity contribution in [2.45, 2.75) is 25.3 Å². The van der Waals surface area contributed by atoms with E-state index in [0.29, 0.717) is 24.4 Å². The fourth-order valence-electron chi connectivity index (χ4n) is 2.84. The molecule has 8 heteroatoms. The van der Waals surface area contributed by atoms with Crippen LogP contribution in [0, 0.1) is 6.92 Å². The summed E-state index contributed by atoms with van der Waals surface area (Å²) in [7, 11) is -0.282. The van der Waals surface area contributed by atoms with Gasteiger partial charge in [0.05, 0.1) is 18.6 Å². The first kappa shape index (κ1) is 21.9. The van der Waals surface area contributed by atoms with Gasteiger partial charge in [0, 0.05) is 11.3 Å². The Morgan fingerprint density at radius 2 is 1.82 bits per heavy atom. The summed E-state index contributed by atoms with van der Waals surface area (Å²) in [6, 6.07) is 12.7. The van der Waals surface area contributed by atoms with Crippen molar-refractivity contribution in [2.24, 2.45) is 0 Å². The third-order valence-corrected chi connectivity index (χ3v) is 5.79. The van der Waals surface area contributed by atoms with Gasteiger partial charge in [0.2, 0.25) is 10.0 Å². The Morgan fingerprint density at radius 1 is 1.14 bits per heavy atom. The molecule has 0 radical (unpaired) electrons. The highest BCUT2D eigenvalue weighted by molar-refractivity contribution is 7.89. The number of benzene rings is 2. The second kappa shape index (κ2) is 9.68. The molecule has 1 atom stereocenters. The Labute approximate surface area is 166 Å². The summed E-state index contributed by atoms with van der Waals surface area (Å²) in [6.07, 6.45) is 0. The number of aryl methyl sites for hydroxylation is 1. The van der Waals surface area contributed by atoms with Crippen molar-refractivity contribution in [1.82, 2.24) is 4.72 Å². The fourth-order valence-corrected chi connectivity index (χ4v) is 3.83. The van der Waals surface area contributed by atoms with E-state index in [1.807, 2.05) is 38.2 Å². The predicted molar refractivity (Wildman–Crippen MR) is 109 cm³/mol. The van der Waals surface area contributed by atoms with Crippen molar-refractivity contribution in [3.8, 4) is 5.75 Å². The molecule has 3 N–H and O–H groups in total. The lowest BCUT2D eigenvalue weighted by Gasteiger charge is -2.15. The monoisotopic (exact) mass is 406 g/mol. The molecule has 28 heavy (non-hydrogen) atoms. The maximum atomic E-state index is 12.4. The van der Waals surface area contributed by atoms with Crippen LogP contribution in [-0.4, -0.2) is 41.6 Å². The molecule has 0 heterocycles. The quantitative estimate of drug-likeness (QED) is 0.579. The van der Waals surface area contributed by atoms with Gasteiger partial charge in [-0.05, 0) is 62.9 Å². The largest absolute Gasteiger partial charge is 0.494 e. The summed E-state index contributed by atoms with van der Waals surface area (Å²) < 4.78 is 31.9. The maximum Gasteiger partial charge on any atom is 0.279 e. The van der Waals surface area contributed by atoms with E-state index in [2.05, 4.69) is 10.0 Å². The van der Waals surface area contributed by atoms with E-state index in [1.54, 1.807) is 19.1 Å². The SMILES string of the molecule is CCOc1ccc(C[NH+](C)CC(=O)Nc2ccc(C)c(S(=O)(=O)NC)c2)cc1. The zero-order valence-corrected chi connectivity index (χ0v) is 17.5. The molecule has 7 nitrogen and oxygen atoms in total. The standard InChI is InChI=1S/C20H27N3O4S/c1-5-27-18-10-7-16(8-11-18)13-23(4)14-20(24)22-17-9-6-15(2)19(12-17)28(25,26)21-3/h6-12,21H,5,13-14H2,1-4H3,(H,22,24)/p+1. The topological polar surface area (TPSA) is 88.9 Å². The van der Waals surface area contributed by atoms with Gasteiger partial charge in [0.1, 0.15) is 12.3 Å². The smallest absolute Gasteiger partial charge is 0.279 e. The van der Waals surface area contributed by atoms with Crippen LogP contribution in [0.2, 0.25) is 0 Å². The van der Waals surface area contributed by atoms with Crippen molar-refractivity contribution in [2.75, 3.05) is 32.6 Å². The molecule has 0 spiro atoms. The number of rotatable bonds is 9. The zero-order valence-electron chi connectivity index (χ0n) is 16.7. The lowest BCUT2D eigenvalue weighted by atomic mass is 10.2. The summed E-state index contributed by atoms with van der Waals surface area (Å²) in [5, 5.41) is 2.78. The minimum absolute atomic E-state index is 0.155. The maximum absolute atomic E-state index is 12.4. The molecule has 0 aliphatic heterocycles. The molecule has 0 aliphatic rings. The summed E-state index contributed by atoms with van der Waals surface area (Å²) in [5.41, 5.74) is 2.18. The molecule has 0 saturated heterocycles. The second-order valence-corrected chi connectivity index (χ2v) is 8.48. The van der Waals surface area contributed by atoms with Gasteiger partial charge in [-0.1, -0.05) is 6.07 Å². The van der Waals surface area contributed by atoms with Gasteiger partial charge in [-0.15, -0.1) is 0 Å². The van der Waals surface area contributed by atoms with Gasteiger partial charge in [-0.25, -0.2) is 13.1 Å². The van der Waals surface area contributed by atoms with Crippen molar-refractivity contribution in [1.29, 1.82) is 0 Å². The number of hydrogen-bond donors (Lipinski definition) is 3. The van der Waals surface area contributed by atoms with Crippen LogP contribution in [0.4, 0.5) is 5.69 Å². The van der Waals surface area contributed by atoms with Gasteiger partial charge < -0.3 is 15.0 Å². The van der Waals surface area contributed by atoms with E-state index < -0.39 is 10.0 Å². The van der Waals surface area contributed by atoms with Crippen LogP contribution in [0.5, 0.6) is 5.75 Å². The summed E-state index contributed by atoms with van der Waals surface area (Å²) >= 11 is 0. The fraction of sp³-hybridized carbons (Fsp3) is 0.350. The molecular weight excluding hydrogens is 378 g/mol. The second-order valence-electron chi connectivity index (χ2n) is 6.62. The number of ether oxygens (including phenoxy) is 1. The number of quaternary nitrogens is 1. The van der Waals surface area contributed by atoms with Crippen molar-refractivity contribution in [3.05, 3.63) is 53.6 Å². The van der Waals surface area contributed by atoms with E-state index >= 15 is 0 Å². The third-order valence-electron chi connectivity index (χ3n) is 4.23. The molecule has 0 aromatic heterocycles. The minimum Gasteiger partial charge on any atom is -0.494 e. The van der Waals surface area contributed by atoms with Crippen LogP contribution in [0.15, 0.2) is 47.4 Å². The van der Waals surface area contributed by atoms with Crippen LogP contribution in [0.3, 0.4) is 0 Å². The predicted octanol–water partition coefficient (Wildman–Crippen LogP) is 0.955. The van der Waals surface area contributed by atoms with Gasteiger partial charge in [-0.2, -0.15) is 0 Å². The molecule has 0 bridgehead atoms. The summed E-state index contributed by atoms with van der Waals surface area (Å²) in [5.74, 6) is 0.647. The third kappa shape index (κ3) is 6.05. The van der Waals surface area contributed by atoms with Crippen molar-refractivity contribution < 1.29 is 22.8 Å².